The maximum absolute atomic E-state index is 12.8. The molecule has 2 rings (SSSR count). The molecule has 0 radical (unpaired) electrons. The summed E-state index contributed by atoms with van der Waals surface area (Å²) in [6.07, 6.45) is -0.884. The lowest BCUT2D eigenvalue weighted by Gasteiger charge is -2.03. The number of alkyl halides is 3. The molecule has 7 heteroatoms. The van der Waals surface area contributed by atoms with Gasteiger partial charge in [0.2, 0.25) is 0 Å². The molecule has 0 aliphatic heterocycles. The van der Waals surface area contributed by atoms with Crippen molar-refractivity contribution >= 4 is 0 Å². The number of hydrogen-bond acceptors (Lipinski definition) is 2. The molecular formula is C10H7F4N3. The Morgan fingerprint density at radius 3 is 2.59 bits per heavy atom. The van der Waals surface area contributed by atoms with Crippen LogP contribution in [0.1, 0.15) is 11.3 Å². The van der Waals surface area contributed by atoms with Crippen molar-refractivity contribution in [3.63, 3.8) is 0 Å². The Morgan fingerprint density at radius 1 is 1.24 bits per heavy atom. The highest BCUT2D eigenvalue weighted by molar-refractivity contribution is 5.11. The third-order valence-corrected chi connectivity index (χ3v) is 2.04. The molecule has 0 saturated heterocycles. The average molecular weight is 245 g/mol. The number of aromatic nitrogens is 3. The zero-order chi connectivity index (χ0) is 12.5. The van der Waals surface area contributed by atoms with E-state index in [9.17, 15) is 17.6 Å². The van der Waals surface area contributed by atoms with Crippen molar-refractivity contribution in [2.75, 3.05) is 0 Å². The number of nitrogens with zero attached hydrogens (tertiary/aromatic N) is 3. The minimum atomic E-state index is -4.47. The lowest BCUT2D eigenvalue weighted by molar-refractivity contribution is -0.141. The molecular weight excluding hydrogens is 238 g/mol. The predicted molar refractivity (Wildman–Crippen MR) is 50.5 cm³/mol. The summed E-state index contributed by atoms with van der Waals surface area (Å²) in [6.45, 7) is 0.0425. The second-order valence-electron chi connectivity index (χ2n) is 3.41. The van der Waals surface area contributed by atoms with E-state index in [2.05, 4.69) is 10.1 Å². The molecule has 0 amide bonds. The molecule has 0 spiro atoms. The zero-order valence-electron chi connectivity index (χ0n) is 8.45. The van der Waals surface area contributed by atoms with Crippen LogP contribution >= 0.6 is 0 Å². The van der Waals surface area contributed by atoms with E-state index in [0.717, 1.165) is 16.9 Å². The predicted octanol–water partition coefficient (Wildman–Crippen LogP) is 2.48. The minimum Gasteiger partial charge on any atom is -0.268 e. The SMILES string of the molecule is Fc1cncc(Cn2ccc(C(F)(F)F)n2)c1. The first kappa shape index (κ1) is 11.6. The van der Waals surface area contributed by atoms with E-state index in [0.29, 0.717) is 5.56 Å². The first-order valence-electron chi connectivity index (χ1n) is 4.65. The van der Waals surface area contributed by atoms with Crippen LogP contribution in [0.15, 0.2) is 30.7 Å². The summed E-state index contributed by atoms with van der Waals surface area (Å²) >= 11 is 0. The number of halogens is 4. The van der Waals surface area contributed by atoms with Gasteiger partial charge in [0, 0.05) is 12.4 Å². The lowest BCUT2D eigenvalue weighted by atomic mass is 10.3. The minimum absolute atomic E-state index is 0.0425. The molecule has 0 atom stereocenters. The van der Waals surface area contributed by atoms with Gasteiger partial charge >= 0.3 is 6.18 Å². The Kier molecular flexibility index (Phi) is 2.83. The van der Waals surface area contributed by atoms with Crippen molar-refractivity contribution < 1.29 is 17.6 Å². The summed E-state index contributed by atoms with van der Waals surface area (Å²) in [5, 5.41) is 3.35. The quantitative estimate of drug-likeness (QED) is 0.761. The van der Waals surface area contributed by atoms with Crippen molar-refractivity contribution in [2.24, 2.45) is 0 Å². The molecule has 0 N–H and O–H groups in total. The van der Waals surface area contributed by atoms with Crippen LogP contribution in [0.3, 0.4) is 0 Å². The van der Waals surface area contributed by atoms with Gasteiger partial charge in [0.15, 0.2) is 5.69 Å². The average Bonchev–Trinajstić information content (AvgIpc) is 2.65. The van der Waals surface area contributed by atoms with E-state index in [-0.39, 0.29) is 6.54 Å². The third kappa shape index (κ3) is 2.80. The highest BCUT2D eigenvalue weighted by Crippen LogP contribution is 2.27. The fourth-order valence-corrected chi connectivity index (χ4v) is 1.33. The largest absolute Gasteiger partial charge is 0.435 e. The van der Waals surface area contributed by atoms with Gasteiger partial charge in [-0.2, -0.15) is 18.3 Å². The van der Waals surface area contributed by atoms with Gasteiger partial charge in [-0.1, -0.05) is 0 Å². The van der Waals surface area contributed by atoms with Crippen molar-refractivity contribution in [1.29, 1.82) is 0 Å². The van der Waals surface area contributed by atoms with E-state index in [1.54, 1.807) is 0 Å². The zero-order valence-corrected chi connectivity index (χ0v) is 8.45. The van der Waals surface area contributed by atoms with E-state index < -0.39 is 17.7 Å². The summed E-state index contributed by atoms with van der Waals surface area (Å²) in [5.74, 6) is -0.536. The summed E-state index contributed by atoms with van der Waals surface area (Å²) < 4.78 is 50.6. The Hall–Kier alpha value is -1.92. The fourth-order valence-electron chi connectivity index (χ4n) is 1.33. The number of hydrogen-bond donors (Lipinski definition) is 0. The van der Waals surface area contributed by atoms with Crippen molar-refractivity contribution in [1.82, 2.24) is 14.8 Å². The summed E-state index contributed by atoms with van der Waals surface area (Å²) in [7, 11) is 0. The second-order valence-corrected chi connectivity index (χ2v) is 3.41. The van der Waals surface area contributed by atoms with Gasteiger partial charge in [-0.05, 0) is 17.7 Å². The molecule has 2 heterocycles. The van der Waals surface area contributed by atoms with Crippen LogP contribution in [-0.2, 0) is 12.7 Å². The first-order chi connectivity index (χ1) is 7.95. The van der Waals surface area contributed by atoms with Crippen LogP contribution in [-0.4, -0.2) is 14.8 Å². The van der Waals surface area contributed by atoms with E-state index in [4.69, 9.17) is 0 Å². The third-order valence-electron chi connectivity index (χ3n) is 2.04. The molecule has 90 valence electrons. The van der Waals surface area contributed by atoms with Gasteiger partial charge in [0.25, 0.3) is 0 Å². The topological polar surface area (TPSA) is 30.7 Å². The van der Waals surface area contributed by atoms with Gasteiger partial charge < -0.3 is 0 Å². The van der Waals surface area contributed by atoms with E-state index in [1.807, 2.05) is 0 Å². The molecule has 2 aromatic heterocycles. The van der Waals surface area contributed by atoms with Crippen LogP contribution in [0.25, 0.3) is 0 Å². The molecule has 0 aliphatic carbocycles. The molecule has 0 aromatic carbocycles. The Balaban J connectivity index is 2.17. The Labute approximate surface area is 93.7 Å². The van der Waals surface area contributed by atoms with Crippen molar-refractivity contribution in [3.05, 3.63) is 47.8 Å². The molecule has 0 aliphatic rings. The summed E-state index contributed by atoms with van der Waals surface area (Å²) in [5.41, 5.74) is -0.524. The van der Waals surface area contributed by atoms with Crippen LogP contribution in [0, 0.1) is 5.82 Å². The number of pyridine rings is 1. The molecule has 0 bridgehead atoms. The van der Waals surface area contributed by atoms with E-state index in [1.165, 1.54) is 18.5 Å². The fraction of sp³-hybridized carbons (Fsp3) is 0.200. The van der Waals surface area contributed by atoms with Gasteiger partial charge in [-0.25, -0.2) is 4.39 Å². The smallest absolute Gasteiger partial charge is 0.268 e. The van der Waals surface area contributed by atoms with Crippen LogP contribution < -0.4 is 0 Å². The Bertz CT molecular complexity index is 518. The molecule has 0 unspecified atom stereocenters. The normalized spacial score (nSPS) is 11.8. The highest BCUT2D eigenvalue weighted by atomic mass is 19.4. The maximum Gasteiger partial charge on any atom is 0.435 e. The lowest BCUT2D eigenvalue weighted by Crippen LogP contribution is -2.08. The van der Waals surface area contributed by atoms with Crippen LogP contribution in [0.5, 0.6) is 0 Å². The second kappa shape index (κ2) is 4.15. The summed E-state index contributed by atoms with van der Waals surface area (Å²) in [6, 6.07) is 2.06. The first-order valence-corrected chi connectivity index (χ1v) is 4.65. The standard InChI is InChI=1S/C10H7F4N3/c11-8-3-7(4-15-5-8)6-17-2-1-9(16-17)10(12,13)14/h1-5H,6H2. The van der Waals surface area contributed by atoms with Crippen molar-refractivity contribution in [2.45, 2.75) is 12.7 Å². The molecule has 0 saturated carbocycles. The number of rotatable bonds is 2. The van der Waals surface area contributed by atoms with Crippen LogP contribution in [0.4, 0.5) is 17.6 Å². The molecule has 17 heavy (non-hydrogen) atoms. The monoisotopic (exact) mass is 245 g/mol. The maximum atomic E-state index is 12.8. The van der Waals surface area contributed by atoms with Crippen molar-refractivity contribution in [3.8, 4) is 0 Å². The van der Waals surface area contributed by atoms with Gasteiger partial charge in [0.1, 0.15) is 5.82 Å². The highest BCUT2D eigenvalue weighted by Gasteiger charge is 2.33. The Morgan fingerprint density at radius 2 is 2.00 bits per heavy atom. The van der Waals surface area contributed by atoms with Gasteiger partial charge in [-0.15, -0.1) is 0 Å². The molecule has 0 fully saturated rings. The van der Waals surface area contributed by atoms with E-state index >= 15 is 0 Å². The van der Waals surface area contributed by atoms with Gasteiger partial charge in [-0.3, -0.25) is 9.67 Å². The summed E-state index contributed by atoms with van der Waals surface area (Å²) in [4.78, 5) is 3.60. The molecule has 2 aromatic rings. The molecule has 3 nitrogen and oxygen atoms in total. The van der Waals surface area contributed by atoms with Gasteiger partial charge in [0.05, 0.1) is 12.7 Å². The van der Waals surface area contributed by atoms with Crippen LogP contribution in [0.2, 0.25) is 0 Å².